The van der Waals surface area contributed by atoms with Crippen LogP contribution in [0.25, 0.3) is 0 Å². The Balaban J connectivity index is 2.02. The molecule has 1 aliphatic rings. The van der Waals surface area contributed by atoms with Crippen LogP contribution in [0.3, 0.4) is 0 Å². The van der Waals surface area contributed by atoms with Gasteiger partial charge < -0.3 is 14.2 Å². The van der Waals surface area contributed by atoms with Crippen molar-refractivity contribution in [1.82, 2.24) is 9.88 Å². The normalized spacial score (nSPS) is 15.7. The minimum absolute atomic E-state index is 0.115. The summed E-state index contributed by atoms with van der Waals surface area (Å²) in [5, 5.41) is 0. The molecule has 0 bridgehead atoms. The monoisotopic (exact) mass is 285 g/mol. The smallest absolute Gasteiger partial charge is 0.296 e. The van der Waals surface area contributed by atoms with Gasteiger partial charge in [-0.2, -0.15) is 0 Å². The van der Waals surface area contributed by atoms with Gasteiger partial charge >= 0.3 is 0 Å². The molecule has 0 N–H and O–H groups in total. The maximum atomic E-state index is 12.8. The average molecular weight is 285 g/mol. The zero-order valence-electron chi connectivity index (χ0n) is 12.6. The van der Waals surface area contributed by atoms with Gasteiger partial charge in [-0.25, -0.2) is 4.98 Å². The van der Waals surface area contributed by atoms with E-state index in [9.17, 15) is 4.79 Å². The Bertz CT molecular complexity index is 678. The van der Waals surface area contributed by atoms with Crippen LogP contribution in [0.4, 0.5) is 5.69 Å². The highest BCUT2D eigenvalue weighted by Gasteiger charge is 2.27. The van der Waals surface area contributed by atoms with Crippen molar-refractivity contribution in [2.75, 3.05) is 25.0 Å². The van der Waals surface area contributed by atoms with E-state index < -0.39 is 0 Å². The number of anilines is 1. The second kappa shape index (κ2) is 5.33. The highest BCUT2D eigenvalue weighted by molar-refractivity contribution is 6.05. The molecule has 3 rings (SSSR count). The van der Waals surface area contributed by atoms with Gasteiger partial charge in [0.15, 0.2) is 5.89 Å². The van der Waals surface area contributed by atoms with E-state index in [0.29, 0.717) is 23.9 Å². The van der Waals surface area contributed by atoms with E-state index in [4.69, 9.17) is 4.42 Å². The second-order valence-electron chi connectivity index (χ2n) is 5.47. The van der Waals surface area contributed by atoms with Crippen molar-refractivity contribution < 1.29 is 9.21 Å². The minimum Gasteiger partial charge on any atom is -0.436 e. The van der Waals surface area contributed by atoms with Crippen molar-refractivity contribution in [3.8, 4) is 0 Å². The summed E-state index contributed by atoms with van der Waals surface area (Å²) in [5.41, 5.74) is 2.76. The molecular weight excluding hydrogens is 266 g/mol. The number of nitrogens with zero attached hydrogens (tertiary/aromatic N) is 3. The van der Waals surface area contributed by atoms with Gasteiger partial charge in [0, 0.05) is 32.2 Å². The fraction of sp³-hybridized carbons (Fsp3) is 0.375. The molecule has 2 heterocycles. The van der Waals surface area contributed by atoms with Crippen LogP contribution in [0.5, 0.6) is 0 Å². The third kappa shape index (κ3) is 2.56. The average Bonchev–Trinajstić information content (AvgIpc) is 2.69. The van der Waals surface area contributed by atoms with Crippen molar-refractivity contribution >= 4 is 11.6 Å². The van der Waals surface area contributed by atoms with Gasteiger partial charge in [0.1, 0.15) is 0 Å². The molecule has 2 aromatic rings. The van der Waals surface area contributed by atoms with Crippen molar-refractivity contribution in [1.29, 1.82) is 0 Å². The first kappa shape index (κ1) is 13.8. The molecule has 1 aromatic carbocycles. The van der Waals surface area contributed by atoms with Crippen LogP contribution < -0.4 is 4.90 Å². The Hall–Kier alpha value is -2.14. The summed E-state index contributed by atoms with van der Waals surface area (Å²) in [7, 11) is 2.06. The van der Waals surface area contributed by atoms with Crippen LogP contribution in [-0.4, -0.2) is 35.9 Å². The van der Waals surface area contributed by atoms with Crippen LogP contribution in [0.2, 0.25) is 0 Å². The Morgan fingerprint density at radius 2 is 2.00 bits per heavy atom. The van der Waals surface area contributed by atoms with Gasteiger partial charge in [0.2, 0.25) is 5.76 Å². The van der Waals surface area contributed by atoms with Gasteiger partial charge in [0.05, 0.1) is 5.69 Å². The molecule has 110 valence electrons. The number of carbonyl (C=O) groups is 1. The molecule has 0 radical (unpaired) electrons. The number of rotatable bonds is 1. The van der Waals surface area contributed by atoms with Crippen molar-refractivity contribution in [2.24, 2.45) is 0 Å². The molecular formula is C16H19N3O2. The van der Waals surface area contributed by atoms with E-state index in [1.807, 2.05) is 18.2 Å². The lowest BCUT2D eigenvalue weighted by Gasteiger charge is -2.21. The third-order valence-corrected chi connectivity index (χ3v) is 3.77. The lowest BCUT2D eigenvalue weighted by molar-refractivity contribution is 0.0957. The summed E-state index contributed by atoms with van der Waals surface area (Å²) in [4.78, 5) is 21.0. The highest BCUT2D eigenvalue weighted by atomic mass is 16.4. The van der Waals surface area contributed by atoms with Crippen LogP contribution in [0.1, 0.15) is 27.7 Å². The van der Waals surface area contributed by atoms with Crippen LogP contribution in [0, 0.1) is 13.8 Å². The molecule has 0 aliphatic carbocycles. The summed E-state index contributed by atoms with van der Waals surface area (Å²) >= 11 is 0. The molecule has 0 spiro atoms. The van der Waals surface area contributed by atoms with E-state index in [1.54, 1.807) is 18.7 Å². The molecule has 0 fully saturated rings. The second-order valence-corrected chi connectivity index (χ2v) is 5.47. The first-order chi connectivity index (χ1) is 10.1. The van der Waals surface area contributed by atoms with Gasteiger partial charge in [-0.05, 0) is 25.6 Å². The number of carbonyl (C=O) groups excluding carboxylic acids is 1. The Kier molecular flexibility index (Phi) is 3.51. The van der Waals surface area contributed by atoms with E-state index in [-0.39, 0.29) is 5.91 Å². The maximum Gasteiger partial charge on any atom is 0.296 e. The molecule has 1 aromatic heterocycles. The van der Waals surface area contributed by atoms with Gasteiger partial charge in [-0.1, -0.05) is 18.2 Å². The van der Waals surface area contributed by atoms with Crippen molar-refractivity contribution in [2.45, 2.75) is 20.4 Å². The molecule has 0 unspecified atom stereocenters. The number of benzene rings is 1. The Morgan fingerprint density at radius 3 is 2.71 bits per heavy atom. The Morgan fingerprint density at radius 1 is 1.24 bits per heavy atom. The summed E-state index contributed by atoms with van der Waals surface area (Å²) in [5.74, 6) is 0.749. The molecule has 0 saturated heterocycles. The number of aryl methyl sites for hydroxylation is 2. The number of likely N-dealkylation sites (N-methyl/N-ethyl adjacent to an activating group) is 1. The van der Waals surface area contributed by atoms with Gasteiger partial charge in [0.25, 0.3) is 5.91 Å². The number of fused-ring (bicyclic) bond motifs is 1. The van der Waals surface area contributed by atoms with Gasteiger partial charge in [-0.15, -0.1) is 0 Å². The molecule has 1 amide bonds. The predicted molar refractivity (Wildman–Crippen MR) is 80.4 cm³/mol. The number of oxazole rings is 1. The summed E-state index contributed by atoms with van der Waals surface area (Å²) < 4.78 is 5.50. The van der Waals surface area contributed by atoms with Crippen LogP contribution in [0.15, 0.2) is 28.7 Å². The highest BCUT2D eigenvalue weighted by Crippen LogP contribution is 2.26. The zero-order chi connectivity index (χ0) is 15.0. The standard InChI is InChI=1S/C16H19N3O2/c1-11-15(21-12(2)17-11)16(20)19-9-8-18(3)10-13-6-4-5-7-14(13)19/h4-7H,8-10H2,1-3H3. The third-order valence-electron chi connectivity index (χ3n) is 3.77. The zero-order valence-corrected chi connectivity index (χ0v) is 12.6. The fourth-order valence-corrected chi connectivity index (χ4v) is 2.73. The molecule has 5 nitrogen and oxygen atoms in total. The van der Waals surface area contributed by atoms with E-state index >= 15 is 0 Å². The summed E-state index contributed by atoms with van der Waals surface area (Å²) in [6, 6.07) is 8.02. The fourth-order valence-electron chi connectivity index (χ4n) is 2.73. The number of hydrogen-bond donors (Lipinski definition) is 0. The van der Waals surface area contributed by atoms with E-state index in [1.165, 1.54) is 0 Å². The maximum absolute atomic E-state index is 12.8. The summed E-state index contributed by atoms with van der Waals surface area (Å²) in [6.45, 7) is 5.88. The lowest BCUT2D eigenvalue weighted by Crippen LogP contribution is -2.35. The minimum atomic E-state index is -0.115. The molecule has 0 atom stereocenters. The number of amides is 1. The largest absolute Gasteiger partial charge is 0.436 e. The topological polar surface area (TPSA) is 49.6 Å². The molecule has 21 heavy (non-hydrogen) atoms. The van der Waals surface area contributed by atoms with Gasteiger partial charge in [-0.3, -0.25) is 4.79 Å². The lowest BCUT2D eigenvalue weighted by atomic mass is 10.1. The van der Waals surface area contributed by atoms with E-state index in [2.05, 4.69) is 23.0 Å². The first-order valence-corrected chi connectivity index (χ1v) is 7.08. The van der Waals surface area contributed by atoms with Crippen LogP contribution >= 0.6 is 0 Å². The predicted octanol–water partition coefficient (Wildman–Crippen LogP) is 2.38. The van der Waals surface area contributed by atoms with Crippen LogP contribution in [-0.2, 0) is 6.54 Å². The summed E-state index contributed by atoms with van der Waals surface area (Å²) in [6.07, 6.45) is 0. The number of aromatic nitrogens is 1. The molecule has 0 saturated carbocycles. The van der Waals surface area contributed by atoms with Crippen molar-refractivity contribution in [3.05, 3.63) is 47.2 Å². The first-order valence-electron chi connectivity index (χ1n) is 7.08. The molecule has 1 aliphatic heterocycles. The molecule has 5 heteroatoms. The number of hydrogen-bond acceptors (Lipinski definition) is 4. The quantitative estimate of drug-likeness (QED) is 0.807. The SMILES string of the molecule is Cc1nc(C)c(C(=O)N2CCN(C)Cc3ccccc32)o1. The number of para-hydroxylation sites is 1. The Labute approximate surface area is 124 Å². The van der Waals surface area contributed by atoms with E-state index in [0.717, 1.165) is 24.3 Å². The van der Waals surface area contributed by atoms with Crippen molar-refractivity contribution in [3.63, 3.8) is 0 Å².